The Kier molecular flexibility index (Phi) is 3.06. The molecule has 0 spiro atoms. The molecule has 6 nitrogen and oxygen atoms in total. The summed E-state index contributed by atoms with van der Waals surface area (Å²) in [5, 5.41) is 0. The Balaban J connectivity index is 1.97. The molecule has 2 N–H and O–H groups in total. The van der Waals surface area contributed by atoms with Gasteiger partial charge in [-0.2, -0.15) is 0 Å². The molecule has 6 heteroatoms. The van der Waals surface area contributed by atoms with Gasteiger partial charge in [0.25, 0.3) is 5.91 Å². The lowest BCUT2D eigenvalue weighted by molar-refractivity contribution is 0.0593. The Morgan fingerprint density at radius 2 is 2.14 bits per heavy atom. The number of methoxy groups -OCH3 is 1. The number of nitrogens with two attached hydrogens (primary N) is 1. The van der Waals surface area contributed by atoms with E-state index in [2.05, 4.69) is 9.72 Å². The van der Waals surface area contributed by atoms with Crippen LogP contribution in [0.15, 0.2) is 36.4 Å². The number of rotatable bonds is 2. The fraction of sp³-hybridized carbons (Fsp3) is 0.133. The van der Waals surface area contributed by atoms with Crippen molar-refractivity contribution in [1.29, 1.82) is 0 Å². The summed E-state index contributed by atoms with van der Waals surface area (Å²) in [6.45, 7) is 0.409. The predicted molar refractivity (Wildman–Crippen MR) is 76.9 cm³/mol. The minimum Gasteiger partial charge on any atom is -0.464 e. The first-order valence-electron chi connectivity index (χ1n) is 6.36. The lowest BCUT2D eigenvalue weighted by Gasteiger charge is -2.14. The summed E-state index contributed by atoms with van der Waals surface area (Å²) in [6.07, 6.45) is 0. The van der Waals surface area contributed by atoms with E-state index in [1.54, 1.807) is 30.3 Å². The van der Waals surface area contributed by atoms with Gasteiger partial charge in [0.05, 0.1) is 13.7 Å². The zero-order chi connectivity index (χ0) is 15.0. The normalized spacial score (nSPS) is 13.2. The molecule has 1 aliphatic rings. The monoisotopic (exact) mass is 283 g/mol. The van der Waals surface area contributed by atoms with E-state index >= 15 is 0 Å². The molecule has 0 unspecified atom stereocenters. The van der Waals surface area contributed by atoms with E-state index in [1.165, 1.54) is 12.0 Å². The number of hydrogen-bond donors (Lipinski definition) is 1. The molecule has 1 aromatic carbocycles. The number of anilines is 2. The quantitative estimate of drug-likeness (QED) is 0.668. The van der Waals surface area contributed by atoms with Gasteiger partial charge in [0, 0.05) is 11.3 Å². The average molecular weight is 283 g/mol. The van der Waals surface area contributed by atoms with Crippen LogP contribution in [0.2, 0.25) is 0 Å². The highest BCUT2D eigenvalue weighted by Crippen LogP contribution is 2.28. The van der Waals surface area contributed by atoms with Gasteiger partial charge in [-0.05, 0) is 29.8 Å². The largest absolute Gasteiger partial charge is 0.464 e. The van der Waals surface area contributed by atoms with Gasteiger partial charge < -0.3 is 10.5 Å². The second-order valence-electron chi connectivity index (χ2n) is 4.68. The molecule has 1 aromatic heterocycles. The Hall–Kier alpha value is -2.89. The first kappa shape index (κ1) is 13.1. The molecule has 0 radical (unpaired) electrons. The maximum absolute atomic E-state index is 12.4. The van der Waals surface area contributed by atoms with Crippen LogP contribution >= 0.6 is 0 Å². The minimum atomic E-state index is -0.537. The SMILES string of the molecule is COC(=O)c1cccc(N2Cc3ccc(N)cc3C2=O)n1. The van der Waals surface area contributed by atoms with Gasteiger partial charge in [-0.15, -0.1) is 0 Å². The summed E-state index contributed by atoms with van der Waals surface area (Å²) in [5.74, 6) is -0.297. The zero-order valence-electron chi connectivity index (χ0n) is 11.4. The van der Waals surface area contributed by atoms with Crippen molar-refractivity contribution in [2.45, 2.75) is 6.54 Å². The maximum Gasteiger partial charge on any atom is 0.356 e. The van der Waals surface area contributed by atoms with Crippen LogP contribution in [0.25, 0.3) is 0 Å². The van der Waals surface area contributed by atoms with Crippen molar-refractivity contribution >= 4 is 23.4 Å². The van der Waals surface area contributed by atoms with Crippen LogP contribution in [-0.4, -0.2) is 24.0 Å². The molecule has 1 amide bonds. The fourth-order valence-electron chi connectivity index (χ4n) is 2.30. The number of aromatic nitrogens is 1. The van der Waals surface area contributed by atoms with Crippen LogP contribution in [0, 0.1) is 0 Å². The van der Waals surface area contributed by atoms with Gasteiger partial charge in [-0.25, -0.2) is 9.78 Å². The van der Waals surface area contributed by atoms with Crippen LogP contribution in [0.5, 0.6) is 0 Å². The van der Waals surface area contributed by atoms with Gasteiger partial charge in [-0.1, -0.05) is 12.1 Å². The Labute approximate surface area is 121 Å². The average Bonchev–Trinajstić information content (AvgIpc) is 2.83. The van der Waals surface area contributed by atoms with Crippen LogP contribution in [-0.2, 0) is 11.3 Å². The number of nitrogens with zero attached hydrogens (tertiary/aromatic N) is 2. The van der Waals surface area contributed by atoms with Crippen molar-refractivity contribution in [3.05, 3.63) is 53.2 Å². The Morgan fingerprint density at radius 3 is 2.90 bits per heavy atom. The second-order valence-corrected chi connectivity index (χ2v) is 4.68. The molecule has 3 rings (SSSR count). The van der Waals surface area contributed by atoms with Crippen molar-refractivity contribution < 1.29 is 14.3 Å². The third kappa shape index (κ3) is 2.20. The van der Waals surface area contributed by atoms with E-state index in [0.29, 0.717) is 23.6 Å². The van der Waals surface area contributed by atoms with Gasteiger partial charge in [0.2, 0.25) is 0 Å². The van der Waals surface area contributed by atoms with E-state index in [1.807, 2.05) is 6.07 Å². The third-order valence-corrected chi connectivity index (χ3v) is 3.34. The topological polar surface area (TPSA) is 85.5 Å². The third-order valence-electron chi connectivity index (χ3n) is 3.34. The highest BCUT2D eigenvalue weighted by atomic mass is 16.5. The van der Waals surface area contributed by atoms with Crippen molar-refractivity contribution in [3.63, 3.8) is 0 Å². The number of benzene rings is 1. The van der Waals surface area contributed by atoms with Gasteiger partial charge in [0.15, 0.2) is 5.69 Å². The highest BCUT2D eigenvalue weighted by molar-refractivity contribution is 6.10. The van der Waals surface area contributed by atoms with Gasteiger partial charge in [-0.3, -0.25) is 9.69 Å². The number of carbonyl (C=O) groups excluding carboxylic acids is 2. The number of amides is 1. The van der Waals surface area contributed by atoms with E-state index in [4.69, 9.17) is 5.73 Å². The van der Waals surface area contributed by atoms with E-state index in [0.717, 1.165) is 5.56 Å². The summed E-state index contributed by atoms with van der Waals surface area (Å²) in [5.41, 5.74) is 7.88. The molecule has 0 saturated carbocycles. The van der Waals surface area contributed by atoms with Crippen molar-refractivity contribution in [2.24, 2.45) is 0 Å². The molecule has 2 aromatic rings. The van der Waals surface area contributed by atoms with Gasteiger partial charge >= 0.3 is 5.97 Å². The first-order chi connectivity index (χ1) is 10.1. The molecule has 2 heterocycles. The van der Waals surface area contributed by atoms with Gasteiger partial charge in [0.1, 0.15) is 5.82 Å². The summed E-state index contributed by atoms with van der Waals surface area (Å²) >= 11 is 0. The molecule has 21 heavy (non-hydrogen) atoms. The van der Waals surface area contributed by atoms with Crippen molar-refractivity contribution in [3.8, 4) is 0 Å². The fourth-order valence-corrected chi connectivity index (χ4v) is 2.30. The van der Waals surface area contributed by atoms with E-state index < -0.39 is 5.97 Å². The minimum absolute atomic E-state index is 0.165. The second kappa shape index (κ2) is 4.90. The number of ether oxygens (including phenoxy) is 1. The number of carbonyl (C=O) groups is 2. The van der Waals surface area contributed by atoms with Crippen LogP contribution in [0.1, 0.15) is 26.4 Å². The molecule has 0 fully saturated rings. The molecular weight excluding hydrogens is 270 g/mol. The summed E-state index contributed by atoms with van der Waals surface area (Å²) < 4.78 is 4.64. The molecule has 0 atom stereocenters. The Bertz CT molecular complexity index is 743. The van der Waals surface area contributed by atoms with Crippen LogP contribution in [0.4, 0.5) is 11.5 Å². The first-order valence-corrected chi connectivity index (χ1v) is 6.36. The molecule has 0 aliphatic carbocycles. The lowest BCUT2D eigenvalue weighted by Crippen LogP contribution is -2.24. The maximum atomic E-state index is 12.4. The summed E-state index contributed by atoms with van der Waals surface area (Å²) in [6, 6.07) is 10.1. The van der Waals surface area contributed by atoms with E-state index in [9.17, 15) is 9.59 Å². The molecule has 106 valence electrons. The van der Waals surface area contributed by atoms with Crippen LogP contribution < -0.4 is 10.6 Å². The lowest BCUT2D eigenvalue weighted by atomic mass is 10.1. The zero-order valence-corrected chi connectivity index (χ0v) is 11.4. The molecule has 0 bridgehead atoms. The number of fused-ring (bicyclic) bond motifs is 1. The molecule has 1 aliphatic heterocycles. The summed E-state index contributed by atoms with van der Waals surface area (Å²) in [4.78, 5) is 29.6. The van der Waals surface area contributed by atoms with Crippen LogP contribution in [0.3, 0.4) is 0 Å². The number of esters is 1. The highest BCUT2D eigenvalue weighted by Gasteiger charge is 2.29. The van der Waals surface area contributed by atoms with Crippen molar-refractivity contribution in [1.82, 2.24) is 4.98 Å². The molecular formula is C15H13N3O3. The number of nitrogen functional groups attached to an aromatic ring is 1. The van der Waals surface area contributed by atoms with E-state index in [-0.39, 0.29) is 11.6 Å². The Morgan fingerprint density at radius 1 is 1.33 bits per heavy atom. The predicted octanol–water partition coefficient (Wildman–Crippen LogP) is 1.61. The smallest absolute Gasteiger partial charge is 0.356 e. The molecule has 0 saturated heterocycles. The standard InChI is InChI=1S/C15H13N3O3/c1-21-15(20)12-3-2-4-13(17-12)18-8-9-5-6-10(16)7-11(9)14(18)19/h2-7H,8,16H2,1H3. The number of pyridine rings is 1. The number of hydrogen-bond acceptors (Lipinski definition) is 5. The summed E-state index contributed by atoms with van der Waals surface area (Å²) in [7, 11) is 1.29. The van der Waals surface area contributed by atoms with Crippen molar-refractivity contribution in [2.75, 3.05) is 17.7 Å².